The van der Waals surface area contributed by atoms with E-state index < -0.39 is 21.8 Å². The number of rotatable bonds is 3. The fourth-order valence-electron chi connectivity index (χ4n) is 4.37. The first-order chi connectivity index (χ1) is 14.6. The van der Waals surface area contributed by atoms with E-state index in [1.807, 2.05) is 23.3 Å². The van der Waals surface area contributed by atoms with Crippen LogP contribution >= 0.6 is 11.3 Å². The molecule has 2 aliphatic rings. The van der Waals surface area contributed by atoms with Crippen molar-refractivity contribution in [3.63, 3.8) is 0 Å². The van der Waals surface area contributed by atoms with E-state index in [1.54, 1.807) is 11.3 Å². The summed E-state index contributed by atoms with van der Waals surface area (Å²) in [5, 5.41) is 2.03. The SMILES string of the molecule is CC1c2ccsc2CCN1C(=O)C1CCN(S(=O)(=O)c2cccc(C(F)(F)F)c2)CC1. The minimum absolute atomic E-state index is 0.00521. The van der Waals surface area contributed by atoms with E-state index in [9.17, 15) is 26.4 Å². The number of carbonyl (C=O) groups excluding carboxylic acids is 1. The van der Waals surface area contributed by atoms with Crippen molar-refractivity contribution >= 4 is 27.3 Å². The van der Waals surface area contributed by atoms with Gasteiger partial charge in [-0.25, -0.2) is 8.42 Å². The molecular weight excluding hydrogens is 449 g/mol. The molecule has 168 valence electrons. The molecule has 4 rings (SSSR count). The highest BCUT2D eigenvalue weighted by molar-refractivity contribution is 7.89. The third-order valence-corrected chi connectivity index (χ3v) is 9.05. The number of carbonyl (C=O) groups is 1. The molecule has 2 aromatic rings. The maximum atomic E-state index is 13.1. The summed E-state index contributed by atoms with van der Waals surface area (Å²) in [6.45, 7) is 2.88. The molecule has 1 unspecified atom stereocenters. The van der Waals surface area contributed by atoms with Gasteiger partial charge in [-0.2, -0.15) is 17.5 Å². The zero-order valence-corrected chi connectivity index (χ0v) is 18.6. The Balaban J connectivity index is 1.43. The molecule has 1 amide bonds. The summed E-state index contributed by atoms with van der Waals surface area (Å²) in [5.41, 5.74) is 0.180. The second kappa shape index (κ2) is 8.22. The van der Waals surface area contributed by atoms with Crippen molar-refractivity contribution in [1.82, 2.24) is 9.21 Å². The Morgan fingerprint density at radius 3 is 2.52 bits per heavy atom. The van der Waals surface area contributed by atoms with Crippen LogP contribution in [0, 0.1) is 5.92 Å². The van der Waals surface area contributed by atoms with Crippen LogP contribution in [0.2, 0.25) is 0 Å². The molecule has 0 bridgehead atoms. The lowest BCUT2D eigenvalue weighted by molar-refractivity contribution is -0.139. The Labute approximate surface area is 183 Å². The average Bonchev–Trinajstić information content (AvgIpc) is 3.23. The molecule has 1 aromatic carbocycles. The first-order valence-corrected chi connectivity index (χ1v) is 12.4. The van der Waals surface area contributed by atoms with Crippen LogP contribution in [0.3, 0.4) is 0 Å². The first kappa shape index (κ1) is 22.3. The molecule has 0 radical (unpaired) electrons. The first-order valence-electron chi connectivity index (χ1n) is 10.1. The highest BCUT2D eigenvalue weighted by Gasteiger charge is 2.38. The number of benzene rings is 1. The van der Waals surface area contributed by atoms with Gasteiger partial charge >= 0.3 is 6.18 Å². The predicted molar refractivity (Wildman–Crippen MR) is 111 cm³/mol. The molecule has 0 saturated carbocycles. The Kier molecular flexibility index (Phi) is 5.91. The molecule has 0 aliphatic carbocycles. The quantitative estimate of drug-likeness (QED) is 0.669. The van der Waals surface area contributed by atoms with Gasteiger partial charge in [-0.1, -0.05) is 6.07 Å². The van der Waals surface area contributed by atoms with Gasteiger partial charge in [-0.3, -0.25) is 4.79 Å². The second-order valence-electron chi connectivity index (χ2n) is 7.96. The molecule has 1 fully saturated rings. The molecule has 1 aromatic heterocycles. The maximum Gasteiger partial charge on any atom is 0.416 e. The Morgan fingerprint density at radius 2 is 1.84 bits per heavy atom. The average molecular weight is 473 g/mol. The number of nitrogens with zero attached hydrogens (tertiary/aromatic N) is 2. The molecular formula is C21H23F3N2O3S2. The fourth-order valence-corrected chi connectivity index (χ4v) is 6.85. The molecule has 3 heterocycles. The highest BCUT2D eigenvalue weighted by atomic mass is 32.2. The molecule has 1 saturated heterocycles. The van der Waals surface area contributed by atoms with Crippen LogP contribution in [0.15, 0.2) is 40.6 Å². The highest BCUT2D eigenvalue weighted by Crippen LogP contribution is 2.36. The van der Waals surface area contributed by atoms with E-state index in [2.05, 4.69) is 0 Å². The maximum absolute atomic E-state index is 13.1. The molecule has 2 aliphatic heterocycles. The number of fused-ring (bicyclic) bond motifs is 1. The summed E-state index contributed by atoms with van der Waals surface area (Å²) >= 11 is 1.70. The van der Waals surface area contributed by atoms with Crippen LogP contribution in [-0.4, -0.2) is 43.2 Å². The number of hydrogen-bond acceptors (Lipinski definition) is 4. The van der Waals surface area contributed by atoms with Crippen molar-refractivity contribution in [2.45, 2.75) is 43.3 Å². The molecule has 31 heavy (non-hydrogen) atoms. The topological polar surface area (TPSA) is 57.7 Å². The fraction of sp³-hybridized carbons (Fsp3) is 0.476. The van der Waals surface area contributed by atoms with Gasteiger partial charge in [0.05, 0.1) is 16.5 Å². The number of amides is 1. The third kappa shape index (κ3) is 4.25. The summed E-state index contributed by atoms with van der Waals surface area (Å²) in [6.07, 6.45) is -3.07. The lowest BCUT2D eigenvalue weighted by atomic mass is 9.93. The van der Waals surface area contributed by atoms with Gasteiger partial charge in [0, 0.05) is 30.4 Å². The van der Waals surface area contributed by atoms with Gasteiger partial charge in [0.15, 0.2) is 0 Å². The van der Waals surface area contributed by atoms with Crippen molar-refractivity contribution in [1.29, 1.82) is 0 Å². The van der Waals surface area contributed by atoms with Gasteiger partial charge in [0.2, 0.25) is 15.9 Å². The van der Waals surface area contributed by atoms with Crippen LogP contribution in [-0.2, 0) is 27.4 Å². The van der Waals surface area contributed by atoms with E-state index >= 15 is 0 Å². The number of halogens is 3. The summed E-state index contributed by atoms with van der Waals surface area (Å²) < 4.78 is 65.8. The van der Waals surface area contributed by atoms with E-state index in [4.69, 9.17) is 0 Å². The number of hydrogen-bond donors (Lipinski definition) is 0. The number of sulfonamides is 1. The summed E-state index contributed by atoms with van der Waals surface area (Å²) in [4.78, 5) is 15.9. The minimum Gasteiger partial charge on any atom is -0.335 e. The summed E-state index contributed by atoms with van der Waals surface area (Å²) in [7, 11) is -4.05. The molecule has 0 N–H and O–H groups in total. The van der Waals surface area contributed by atoms with Crippen molar-refractivity contribution in [2.75, 3.05) is 19.6 Å². The van der Waals surface area contributed by atoms with E-state index in [1.165, 1.54) is 20.8 Å². The van der Waals surface area contributed by atoms with E-state index in [-0.39, 0.29) is 35.9 Å². The van der Waals surface area contributed by atoms with Crippen molar-refractivity contribution in [3.8, 4) is 0 Å². The number of alkyl halides is 3. The van der Waals surface area contributed by atoms with Crippen molar-refractivity contribution < 1.29 is 26.4 Å². The van der Waals surface area contributed by atoms with Gasteiger partial charge < -0.3 is 4.90 Å². The standard InChI is InChI=1S/C21H23F3N2O3S2/c1-14-18-8-12-30-19(18)7-11-26(14)20(27)15-5-9-25(10-6-15)31(28,29)17-4-2-3-16(13-17)21(22,23)24/h2-4,8,12-15H,5-7,9-11H2,1H3. The Morgan fingerprint density at radius 1 is 1.13 bits per heavy atom. The molecule has 0 spiro atoms. The Bertz CT molecular complexity index is 1070. The van der Waals surface area contributed by atoms with Gasteiger partial charge in [-0.05, 0) is 61.4 Å². The van der Waals surface area contributed by atoms with E-state index in [0.29, 0.717) is 25.5 Å². The second-order valence-corrected chi connectivity index (χ2v) is 10.9. The lowest BCUT2D eigenvalue weighted by Gasteiger charge is -2.38. The van der Waals surface area contributed by atoms with Crippen molar-refractivity contribution in [2.24, 2.45) is 5.92 Å². The van der Waals surface area contributed by atoms with E-state index in [0.717, 1.165) is 18.6 Å². The molecule has 5 nitrogen and oxygen atoms in total. The monoisotopic (exact) mass is 472 g/mol. The van der Waals surface area contributed by atoms with Crippen LogP contribution in [0.1, 0.15) is 41.8 Å². The van der Waals surface area contributed by atoms with Crippen LogP contribution in [0.5, 0.6) is 0 Å². The van der Waals surface area contributed by atoms with Crippen molar-refractivity contribution in [3.05, 3.63) is 51.7 Å². The Hall–Kier alpha value is -1.91. The predicted octanol–water partition coefficient (Wildman–Crippen LogP) is 4.31. The normalized spacial score (nSPS) is 21.2. The molecule has 1 atom stereocenters. The number of thiophene rings is 1. The van der Waals surface area contributed by atoms with Gasteiger partial charge in [0.25, 0.3) is 0 Å². The zero-order valence-electron chi connectivity index (χ0n) is 16.9. The molecule has 10 heteroatoms. The smallest absolute Gasteiger partial charge is 0.335 e. The van der Waals surface area contributed by atoms with Crippen LogP contribution < -0.4 is 0 Å². The largest absolute Gasteiger partial charge is 0.416 e. The minimum atomic E-state index is -4.61. The number of piperidine rings is 1. The zero-order chi connectivity index (χ0) is 22.4. The third-order valence-electron chi connectivity index (χ3n) is 6.16. The summed E-state index contributed by atoms with van der Waals surface area (Å²) in [6, 6.07) is 5.84. The lowest BCUT2D eigenvalue weighted by Crippen LogP contribution is -2.46. The van der Waals surface area contributed by atoms with Crippen LogP contribution in [0.25, 0.3) is 0 Å². The van der Waals surface area contributed by atoms with Crippen LogP contribution in [0.4, 0.5) is 13.2 Å². The van der Waals surface area contributed by atoms with Gasteiger partial charge in [-0.15, -0.1) is 11.3 Å². The summed E-state index contributed by atoms with van der Waals surface area (Å²) in [5.74, 6) is -0.254. The van der Waals surface area contributed by atoms with Gasteiger partial charge in [0.1, 0.15) is 0 Å².